The minimum Gasteiger partial charge on any atom is -0.355 e. The predicted octanol–water partition coefficient (Wildman–Crippen LogP) is 2.67. The molecule has 0 aliphatic carbocycles. The Morgan fingerprint density at radius 3 is 2.65 bits per heavy atom. The van der Waals surface area contributed by atoms with Gasteiger partial charge < -0.3 is 5.32 Å². The number of benzene rings is 1. The van der Waals surface area contributed by atoms with Crippen molar-refractivity contribution in [2.24, 2.45) is 0 Å². The van der Waals surface area contributed by atoms with Crippen LogP contribution in [0, 0.1) is 0 Å². The van der Waals surface area contributed by atoms with Crippen LogP contribution in [0.3, 0.4) is 0 Å². The lowest BCUT2D eigenvalue weighted by Crippen LogP contribution is -2.17. The van der Waals surface area contributed by atoms with Crippen LogP contribution in [0.4, 0.5) is 0 Å². The second kappa shape index (κ2) is 5.41. The van der Waals surface area contributed by atoms with Crippen LogP contribution in [0.1, 0.15) is 20.8 Å². The topological polar surface area (TPSA) is 42.0 Å². The zero-order valence-corrected chi connectivity index (χ0v) is 10.2. The van der Waals surface area contributed by atoms with E-state index < -0.39 is 0 Å². The number of carbonyl (C=O) groups is 1. The van der Waals surface area contributed by atoms with Crippen LogP contribution in [-0.4, -0.2) is 17.9 Å². The number of carbonyl (C=O) groups excluding carboxylic acids is 1. The molecular weight excluding hydrogens is 232 g/mol. The Hall–Kier alpha value is -1.94. The van der Waals surface area contributed by atoms with Crippen molar-refractivity contribution < 1.29 is 4.79 Å². The molecule has 1 aromatic heterocycles. The quantitative estimate of drug-likeness (QED) is 0.902. The lowest BCUT2D eigenvalue weighted by molar-refractivity contribution is 0.0963. The third-order valence-corrected chi connectivity index (χ3v) is 3.03. The highest BCUT2D eigenvalue weighted by Crippen LogP contribution is 2.12. The van der Waals surface area contributed by atoms with Gasteiger partial charge in [-0.15, -0.1) is 11.3 Å². The minimum absolute atomic E-state index is 0.0667. The molecule has 86 valence electrons. The normalized spacial score (nSPS) is 10.6. The predicted molar refractivity (Wildman–Crippen MR) is 70.9 cm³/mol. The summed E-state index contributed by atoms with van der Waals surface area (Å²) in [5.41, 5.74) is 3.53. The Morgan fingerprint density at radius 1 is 1.29 bits per heavy atom. The molecule has 0 saturated heterocycles. The molecule has 1 aromatic carbocycles. The molecular formula is C13H12N2OS. The number of amides is 1. The largest absolute Gasteiger partial charge is 0.355 e. The Balaban J connectivity index is 2.11. The van der Waals surface area contributed by atoms with Gasteiger partial charge in [0.1, 0.15) is 0 Å². The van der Waals surface area contributed by atoms with E-state index in [0.29, 0.717) is 5.56 Å². The van der Waals surface area contributed by atoms with E-state index in [4.69, 9.17) is 0 Å². The molecule has 0 saturated carbocycles. The van der Waals surface area contributed by atoms with Gasteiger partial charge in [0.25, 0.3) is 5.91 Å². The zero-order valence-electron chi connectivity index (χ0n) is 9.38. The van der Waals surface area contributed by atoms with Gasteiger partial charge in [0, 0.05) is 23.7 Å². The van der Waals surface area contributed by atoms with Crippen molar-refractivity contribution in [1.29, 1.82) is 0 Å². The van der Waals surface area contributed by atoms with Gasteiger partial charge in [0.05, 0.1) is 5.51 Å². The Bertz CT molecular complexity index is 515. The summed E-state index contributed by atoms with van der Waals surface area (Å²) in [6, 6.07) is 7.46. The van der Waals surface area contributed by atoms with Crippen molar-refractivity contribution in [1.82, 2.24) is 10.3 Å². The lowest BCUT2D eigenvalue weighted by Gasteiger charge is -1.99. The average molecular weight is 244 g/mol. The Labute approximate surface area is 104 Å². The number of nitrogens with one attached hydrogen (secondary N) is 1. The van der Waals surface area contributed by atoms with Crippen LogP contribution in [0.2, 0.25) is 0 Å². The fourth-order valence-corrected chi connectivity index (χ4v) is 1.89. The van der Waals surface area contributed by atoms with Gasteiger partial charge in [-0.3, -0.25) is 9.78 Å². The molecule has 2 rings (SSSR count). The Morgan fingerprint density at radius 2 is 2.06 bits per heavy atom. The molecule has 2 aromatic rings. The highest BCUT2D eigenvalue weighted by atomic mass is 32.1. The molecule has 0 bridgehead atoms. The number of thiazole rings is 1. The second-order valence-corrected chi connectivity index (χ2v) is 4.36. The van der Waals surface area contributed by atoms with Crippen LogP contribution < -0.4 is 5.32 Å². The van der Waals surface area contributed by atoms with Gasteiger partial charge in [-0.2, -0.15) is 0 Å². The number of hydrogen-bond donors (Lipinski definition) is 1. The summed E-state index contributed by atoms with van der Waals surface area (Å²) in [5, 5.41) is 2.59. The van der Waals surface area contributed by atoms with E-state index in [1.807, 2.05) is 42.6 Å². The van der Waals surface area contributed by atoms with E-state index in [-0.39, 0.29) is 5.91 Å². The van der Waals surface area contributed by atoms with Gasteiger partial charge in [-0.05, 0) is 23.8 Å². The molecule has 1 amide bonds. The van der Waals surface area contributed by atoms with Gasteiger partial charge in [0.15, 0.2) is 0 Å². The summed E-state index contributed by atoms with van der Waals surface area (Å²) >= 11 is 1.59. The van der Waals surface area contributed by atoms with E-state index >= 15 is 0 Å². The summed E-state index contributed by atoms with van der Waals surface area (Å²) in [4.78, 5) is 16.4. The van der Waals surface area contributed by atoms with Crippen LogP contribution in [0.15, 0.2) is 36.0 Å². The molecule has 1 N–H and O–H groups in total. The van der Waals surface area contributed by atoms with Crippen LogP contribution in [-0.2, 0) is 0 Å². The van der Waals surface area contributed by atoms with E-state index in [0.717, 1.165) is 10.4 Å². The standard InChI is InChI=1S/C13H12N2OS/c1-14-13(16)11-5-2-10(3-6-11)4-7-12-8-15-9-17-12/h2-9H,1H3,(H,14,16)/b7-4+. The maximum Gasteiger partial charge on any atom is 0.251 e. The maximum atomic E-state index is 11.3. The van der Waals surface area contributed by atoms with E-state index in [2.05, 4.69) is 10.3 Å². The highest BCUT2D eigenvalue weighted by Gasteiger charge is 2.00. The van der Waals surface area contributed by atoms with Gasteiger partial charge in [0.2, 0.25) is 0 Å². The van der Waals surface area contributed by atoms with Crippen LogP contribution in [0.5, 0.6) is 0 Å². The summed E-state index contributed by atoms with van der Waals surface area (Å²) in [6.45, 7) is 0. The Kier molecular flexibility index (Phi) is 3.67. The highest BCUT2D eigenvalue weighted by molar-refractivity contribution is 7.10. The molecule has 0 aliphatic rings. The summed E-state index contributed by atoms with van der Waals surface area (Å²) in [6.07, 6.45) is 5.83. The van der Waals surface area contributed by atoms with Crippen molar-refractivity contribution in [2.75, 3.05) is 7.05 Å². The molecule has 0 fully saturated rings. The van der Waals surface area contributed by atoms with E-state index in [1.165, 1.54) is 0 Å². The molecule has 0 unspecified atom stereocenters. The number of rotatable bonds is 3. The third kappa shape index (κ3) is 3.01. The van der Waals surface area contributed by atoms with Gasteiger partial charge in [-0.25, -0.2) is 0 Å². The third-order valence-electron chi connectivity index (χ3n) is 2.29. The SMILES string of the molecule is CNC(=O)c1ccc(/C=C/c2cncs2)cc1. The van der Waals surface area contributed by atoms with E-state index in [9.17, 15) is 4.79 Å². The summed E-state index contributed by atoms with van der Waals surface area (Å²) in [5.74, 6) is -0.0667. The van der Waals surface area contributed by atoms with E-state index in [1.54, 1.807) is 23.9 Å². The lowest BCUT2D eigenvalue weighted by atomic mass is 10.1. The average Bonchev–Trinajstić information content (AvgIpc) is 2.89. The molecule has 3 nitrogen and oxygen atoms in total. The maximum absolute atomic E-state index is 11.3. The molecule has 0 aliphatic heterocycles. The number of aromatic nitrogens is 1. The molecule has 4 heteroatoms. The molecule has 0 radical (unpaired) electrons. The second-order valence-electron chi connectivity index (χ2n) is 3.44. The zero-order chi connectivity index (χ0) is 12.1. The molecule has 0 spiro atoms. The van der Waals surface area contributed by atoms with Gasteiger partial charge >= 0.3 is 0 Å². The monoisotopic (exact) mass is 244 g/mol. The van der Waals surface area contributed by atoms with Crippen molar-refractivity contribution >= 4 is 29.4 Å². The minimum atomic E-state index is -0.0667. The summed E-state index contributed by atoms with van der Waals surface area (Å²) < 4.78 is 0. The van der Waals surface area contributed by atoms with Crippen LogP contribution in [0.25, 0.3) is 12.2 Å². The first-order valence-corrected chi connectivity index (χ1v) is 6.06. The van der Waals surface area contributed by atoms with Crippen molar-refractivity contribution in [3.05, 3.63) is 52.0 Å². The first-order chi connectivity index (χ1) is 8.29. The fraction of sp³-hybridized carbons (Fsp3) is 0.0769. The molecule has 1 heterocycles. The molecule has 17 heavy (non-hydrogen) atoms. The number of nitrogens with zero attached hydrogens (tertiary/aromatic N) is 1. The first-order valence-electron chi connectivity index (χ1n) is 5.18. The summed E-state index contributed by atoms with van der Waals surface area (Å²) in [7, 11) is 1.62. The van der Waals surface area contributed by atoms with Gasteiger partial charge in [-0.1, -0.05) is 18.2 Å². The first kappa shape index (κ1) is 11.5. The van der Waals surface area contributed by atoms with Crippen molar-refractivity contribution in [2.45, 2.75) is 0 Å². The number of hydrogen-bond acceptors (Lipinski definition) is 3. The molecule has 0 atom stereocenters. The fourth-order valence-electron chi connectivity index (χ4n) is 1.38. The smallest absolute Gasteiger partial charge is 0.251 e. The van der Waals surface area contributed by atoms with Crippen molar-refractivity contribution in [3.8, 4) is 0 Å². The van der Waals surface area contributed by atoms with Crippen molar-refractivity contribution in [3.63, 3.8) is 0 Å². The van der Waals surface area contributed by atoms with Crippen LogP contribution >= 0.6 is 11.3 Å².